The highest BCUT2D eigenvalue weighted by molar-refractivity contribution is 6.31. The van der Waals surface area contributed by atoms with Crippen LogP contribution in [0, 0.1) is 6.92 Å². The Bertz CT molecular complexity index is 887. The van der Waals surface area contributed by atoms with Crippen molar-refractivity contribution in [2.45, 2.75) is 25.9 Å². The third kappa shape index (κ3) is 3.03. The predicted octanol–water partition coefficient (Wildman–Crippen LogP) is 3.25. The molecule has 2 N–H and O–H groups in total. The van der Waals surface area contributed by atoms with E-state index in [1.807, 2.05) is 19.1 Å². The van der Waals surface area contributed by atoms with Gasteiger partial charge in [-0.3, -0.25) is 10.00 Å². The van der Waals surface area contributed by atoms with Gasteiger partial charge in [-0.15, -0.1) is 0 Å². The van der Waals surface area contributed by atoms with E-state index in [1.54, 1.807) is 13.4 Å². The number of hydrogen-bond acceptors (Lipinski definition) is 4. The smallest absolute Gasteiger partial charge is 0.119 e. The van der Waals surface area contributed by atoms with Crippen molar-refractivity contribution >= 4 is 11.6 Å². The molecule has 0 amide bonds. The molecule has 6 nitrogen and oxygen atoms in total. The Morgan fingerprint density at radius 2 is 2.28 bits per heavy atom. The molecule has 0 aliphatic carbocycles. The Morgan fingerprint density at radius 3 is 3.04 bits per heavy atom. The van der Waals surface area contributed by atoms with Crippen LogP contribution in [-0.2, 0) is 13.1 Å². The molecule has 130 valence electrons. The van der Waals surface area contributed by atoms with Crippen molar-refractivity contribution in [1.82, 2.24) is 25.1 Å². The first-order chi connectivity index (χ1) is 12.2. The van der Waals surface area contributed by atoms with Gasteiger partial charge in [-0.1, -0.05) is 23.7 Å². The normalized spacial score (nSPS) is 17.5. The molecular formula is C18H20ClN5O. The number of hydrogen-bond donors (Lipinski definition) is 2. The van der Waals surface area contributed by atoms with Crippen molar-refractivity contribution in [2.75, 3.05) is 13.7 Å². The number of halogens is 1. The van der Waals surface area contributed by atoms with Crippen LogP contribution in [0.5, 0.6) is 5.75 Å². The first-order valence-corrected chi connectivity index (χ1v) is 8.61. The quantitative estimate of drug-likeness (QED) is 0.752. The maximum atomic E-state index is 6.34. The second-order valence-electron chi connectivity index (χ2n) is 6.37. The summed E-state index contributed by atoms with van der Waals surface area (Å²) in [5.41, 5.74) is 5.23. The average Bonchev–Trinajstić information content (AvgIpc) is 3.23. The Labute approximate surface area is 151 Å². The third-order valence-electron chi connectivity index (χ3n) is 4.71. The van der Waals surface area contributed by atoms with Crippen LogP contribution in [0.4, 0.5) is 0 Å². The van der Waals surface area contributed by atoms with Crippen molar-refractivity contribution in [2.24, 2.45) is 0 Å². The van der Waals surface area contributed by atoms with Gasteiger partial charge in [0.25, 0.3) is 0 Å². The van der Waals surface area contributed by atoms with Crippen molar-refractivity contribution in [3.05, 3.63) is 64.0 Å². The summed E-state index contributed by atoms with van der Waals surface area (Å²) in [6.45, 7) is 4.29. The first kappa shape index (κ1) is 16.2. The molecule has 2 aromatic heterocycles. The number of fused-ring (bicyclic) bond motifs is 1. The van der Waals surface area contributed by atoms with E-state index >= 15 is 0 Å². The van der Waals surface area contributed by atoms with Gasteiger partial charge in [0.15, 0.2) is 0 Å². The van der Waals surface area contributed by atoms with Crippen LogP contribution < -0.4 is 4.74 Å². The molecule has 1 aromatic carbocycles. The van der Waals surface area contributed by atoms with Crippen LogP contribution in [0.1, 0.15) is 34.3 Å². The second kappa shape index (κ2) is 6.54. The third-order valence-corrected chi connectivity index (χ3v) is 5.22. The van der Waals surface area contributed by atoms with Crippen LogP contribution >= 0.6 is 11.6 Å². The van der Waals surface area contributed by atoms with Gasteiger partial charge < -0.3 is 9.72 Å². The Morgan fingerprint density at radius 1 is 1.40 bits per heavy atom. The predicted molar refractivity (Wildman–Crippen MR) is 95.9 cm³/mol. The van der Waals surface area contributed by atoms with Crippen LogP contribution in [0.3, 0.4) is 0 Å². The molecule has 4 rings (SSSR count). The molecule has 1 aliphatic heterocycles. The van der Waals surface area contributed by atoms with Crippen molar-refractivity contribution in [3.63, 3.8) is 0 Å². The maximum absolute atomic E-state index is 6.34. The van der Waals surface area contributed by atoms with E-state index in [2.05, 4.69) is 37.2 Å². The molecule has 0 saturated heterocycles. The second-order valence-corrected chi connectivity index (χ2v) is 6.75. The minimum atomic E-state index is 0.184. The first-order valence-electron chi connectivity index (χ1n) is 8.23. The SMILES string of the molecule is COc1cccc(C2CN(Cc3n[nH]c(C)c3Cl)Cc3[nH]cnc32)c1. The molecule has 0 bridgehead atoms. The van der Waals surface area contributed by atoms with Crippen LogP contribution in [0.2, 0.25) is 5.02 Å². The summed E-state index contributed by atoms with van der Waals surface area (Å²) in [5.74, 6) is 1.04. The van der Waals surface area contributed by atoms with Gasteiger partial charge in [0.1, 0.15) is 5.75 Å². The zero-order chi connectivity index (χ0) is 17.4. The fourth-order valence-electron chi connectivity index (χ4n) is 3.42. The summed E-state index contributed by atoms with van der Waals surface area (Å²) in [7, 11) is 1.69. The number of imidazole rings is 1. The van der Waals surface area contributed by atoms with Gasteiger partial charge in [-0.05, 0) is 24.6 Å². The number of H-pyrrole nitrogens is 2. The largest absolute Gasteiger partial charge is 0.497 e. The van der Waals surface area contributed by atoms with Crippen LogP contribution in [-0.4, -0.2) is 38.7 Å². The van der Waals surface area contributed by atoms with Gasteiger partial charge in [0.05, 0.1) is 41.2 Å². The summed E-state index contributed by atoms with van der Waals surface area (Å²) < 4.78 is 5.38. The lowest BCUT2D eigenvalue weighted by Gasteiger charge is -2.32. The monoisotopic (exact) mass is 357 g/mol. The van der Waals surface area contributed by atoms with Gasteiger partial charge >= 0.3 is 0 Å². The Kier molecular flexibility index (Phi) is 4.23. The molecule has 0 fully saturated rings. The van der Waals surface area contributed by atoms with E-state index in [1.165, 1.54) is 5.56 Å². The van der Waals surface area contributed by atoms with Crippen LogP contribution in [0.25, 0.3) is 0 Å². The van der Waals surface area contributed by atoms with E-state index in [-0.39, 0.29) is 5.92 Å². The number of aromatic amines is 2. The fraction of sp³-hybridized carbons (Fsp3) is 0.333. The lowest BCUT2D eigenvalue weighted by atomic mass is 9.90. The summed E-state index contributed by atoms with van der Waals surface area (Å²) in [5, 5.41) is 8.00. The summed E-state index contributed by atoms with van der Waals surface area (Å²) in [6, 6.07) is 8.19. The van der Waals surface area contributed by atoms with E-state index in [9.17, 15) is 0 Å². The zero-order valence-electron chi connectivity index (χ0n) is 14.2. The number of ether oxygens (including phenoxy) is 1. The summed E-state index contributed by atoms with van der Waals surface area (Å²) in [4.78, 5) is 10.2. The highest BCUT2D eigenvalue weighted by Gasteiger charge is 2.30. The highest BCUT2D eigenvalue weighted by atomic mass is 35.5. The summed E-state index contributed by atoms with van der Waals surface area (Å²) >= 11 is 6.34. The average molecular weight is 358 g/mol. The number of aromatic nitrogens is 4. The Balaban J connectivity index is 1.64. The fourth-order valence-corrected chi connectivity index (χ4v) is 3.56. The van der Waals surface area contributed by atoms with Crippen molar-refractivity contribution in [3.8, 4) is 5.75 Å². The van der Waals surface area contributed by atoms with Crippen molar-refractivity contribution in [1.29, 1.82) is 0 Å². The van der Waals surface area contributed by atoms with Gasteiger partial charge in [0, 0.05) is 25.6 Å². The molecule has 25 heavy (non-hydrogen) atoms. The zero-order valence-corrected chi connectivity index (χ0v) is 15.0. The van der Waals surface area contributed by atoms with Gasteiger partial charge in [-0.25, -0.2) is 4.98 Å². The minimum absolute atomic E-state index is 0.184. The number of benzene rings is 1. The number of rotatable bonds is 4. The minimum Gasteiger partial charge on any atom is -0.497 e. The topological polar surface area (TPSA) is 69.8 Å². The molecular weight excluding hydrogens is 338 g/mol. The molecule has 1 atom stereocenters. The molecule has 0 spiro atoms. The molecule has 0 saturated carbocycles. The number of nitrogens with zero attached hydrogens (tertiary/aromatic N) is 3. The van der Waals surface area contributed by atoms with E-state index in [4.69, 9.17) is 16.3 Å². The molecule has 1 aliphatic rings. The van der Waals surface area contributed by atoms with Gasteiger partial charge in [-0.2, -0.15) is 5.10 Å². The van der Waals surface area contributed by atoms with E-state index in [0.29, 0.717) is 11.6 Å². The molecule has 0 radical (unpaired) electrons. The highest BCUT2D eigenvalue weighted by Crippen LogP contribution is 2.34. The summed E-state index contributed by atoms with van der Waals surface area (Å²) in [6.07, 6.45) is 1.77. The van der Waals surface area contributed by atoms with E-state index < -0.39 is 0 Å². The Hall–Kier alpha value is -2.31. The molecule has 3 aromatic rings. The number of aryl methyl sites for hydroxylation is 1. The molecule has 1 unspecified atom stereocenters. The lowest BCUT2D eigenvalue weighted by Crippen LogP contribution is -2.34. The number of methoxy groups -OCH3 is 1. The molecule has 7 heteroatoms. The van der Waals surface area contributed by atoms with Crippen LogP contribution in [0.15, 0.2) is 30.6 Å². The molecule has 3 heterocycles. The van der Waals surface area contributed by atoms with Gasteiger partial charge in [0.2, 0.25) is 0 Å². The maximum Gasteiger partial charge on any atom is 0.119 e. The standard InChI is InChI=1S/C18H20ClN5O/c1-11-17(19)15(23-22-11)8-24-7-14(18-16(9-24)20-10-21-18)12-4-3-5-13(6-12)25-2/h3-6,10,14H,7-9H2,1-2H3,(H,20,21)(H,22,23). The van der Waals surface area contributed by atoms with Crippen molar-refractivity contribution < 1.29 is 4.74 Å². The lowest BCUT2D eigenvalue weighted by molar-refractivity contribution is 0.225. The van der Waals surface area contributed by atoms with E-state index in [0.717, 1.165) is 41.6 Å². The number of nitrogens with one attached hydrogen (secondary N) is 2.